The lowest BCUT2D eigenvalue weighted by molar-refractivity contribution is 0.0993. The summed E-state index contributed by atoms with van der Waals surface area (Å²) in [5.74, 6) is 0.0560. The van der Waals surface area contributed by atoms with Gasteiger partial charge in [-0.25, -0.2) is 0 Å². The zero-order valence-corrected chi connectivity index (χ0v) is 13.2. The van der Waals surface area contributed by atoms with Crippen LogP contribution in [0.3, 0.4) is 0 Å². The SMILES string of the molecule is O=C(Cc1ccc(Br)cc1Cl)c1cccc(Br)c1. The highest BCUT2D eigenvalue weighted by Crippen LogP contribution is 2.23. The fraction of sp³-hybridized carbons (Fsp3) is 0.0714. The van der Waals surface area contributed by atoms with Crippen molar-refractivity contribution in [2.75, 3.05) is 0 Å². The van der Waals surface area contributed by atoms with Crippen molar-refractivity contribution >= 4 is 49.2 Å². The van der Waals surface area contributed by atoms with Gasteiger partial charge in [0.1, 0.15) is 0 Å². The average Bonchev–Trinajstić information content (AvgIpc) is 2.32. The van der Waals surface area contributed by atoms with E-state index in [0.29, 0.717) is 17.0 Å². The van der Waals surface area contributed by atoms with E-state index in [-0.39, 0.29) is 5.78 Å². The Morgan fingerprint density at radius 2 is 1.78 bits per heavy atom. The van der Waals surface area contributed by atoms with Gasteiger partial charge in [-0.05, 0) is 29.8 Å². The van der Waals surface area contributed by atoms with Gasteiger partial charge >= 0.3 is 0 Å². The molecule has 0 fully saturated rings. The summed E-state index contributed by atoms with van der Waals surface area (Å²) < 4.78 is 1.81. The number of Topliss-reactive ketones (excluding diaryl/α,β-unsaturated/α-hetero) is 1. The predicted octanol–water partition coefficient (Wildman–Crippen LogP) is 5.29. The van der Waals surface area contributed by atoms with E-state index in [4.69, 9.17) is 11.6 Å². The molecule has 92 valence electrons. The average molecular weight is 388 g/mol. The predicted molar refractivity (Wildman–Crippen MR) is 81.3 cm³/mol. The van der Waals surface area contributed by atoms with Crippen molar-refractivity contribution in [2.24, 2.45) is 0 Å². The molecule has 4 heteroatoms. The van der Waals surface area contributed by atoms with Crippen molar-refractivity contribution in [1.82, 2.24) is 0 Å². The number of ketones is 1. The summed E-state index contributed by atoms with van der Waals surface area (Å²) >= 11 is 12.8. The lowest BCUT2D eigenvalue weighted by Gasteiger charge is -2.05. The van der Waals surface area contributed by atoms with Crippen LogP contribution >= 0.6 is 43.5 Å². The lowest BCUT2D eigenvalue weighted by Crippen LogP contribution is -2.03. The summed E-state index contributed by atoms with van der Waals surface area (Å²) in [6.07, 6.45) is 0.308. The van der Waals surface area contributed by atoms with Crippen LogP contribution in [0.15, 0.2) is 51.4 Å². The van der Waals surface area contributed by atoms with Crippen LogP contribution in [-0.2, 0) is 6.42 Å². The number of hydrogen-bond acceptors (Lipinski definition) is 1. The van der Waals surface area contributed by atoms with Gasteiger partial charge in [0.25, 0.3) is 0 Å². The molecule has 0 saturated heterocycles. The van der Waals surface area contributed by atoms with Crippen molar-refractivity contribution in [1.29, 1.82) is 0 Å². The molecule has 2 aromatic rings. The molecule has 2 aromatic carbocycles. The second-order valence-electron chi connectivity index (χ2n) is 3.85. The van der Waals surface area contributed by atoms with Crippen LogP contribution in [0.1, 0.15) is 15.9 Å². The smallest absolute Gasteiger partial charge is 0.167 e. The molecule has 0 spiro atoms. The first-order valence-corrected chi connectivity index (χ1v) is 7.25. The minimum Gasteiger partial charge on any atom is -0.294 e. The molecule has 0 bridgehead atoms. The van der Waals surface area contributed by atoms with Crippen LogP contribution in [0.2, 0.25) is 5.02 Å². The summed E-state index contributed by atoms with van der Waals surface area (Å²) in [6.45, 7) is 0. The first kappa shape index (κ1) is 13.8. The normalized spacial score (nSPS) is 10.4. The third-order valence-corrected chi connectivity index (χ3v) is 3.85. The molecule has 0 atom stereocenters. The van der Waals surface area contributed by atoms with Crippen LogP contribution in [0.25, 0.3) is 0 Å². The fourth-order valence-corrected chi connectivity index (χ4v) is 2.74. The Hall–Kier alpha value is -0.640. The lowest BCUT2D eigenvalue weighted by atomic mass is 10.0. The number of carbonyl (C=O) groups excluding carboxylic acids is 1. The van der Waals surface area contributed by atoms with Gasteiger partial charge in [-0.1, -0.05) is 61.7 Å². The summed E-state index contributed by atoms with van der Waals surface area (Å²) in [7, 11) is 0. The van der Waals surface area contributed by atoms with Gasteiger partial charge < -0.3 is 0 Å². The summed E-state index contributed by atoms with van der Waals surface area (Å²) in [5, 5.41) is 0.604. The van der Waals surface area contributed by atoms with Crippen molar-refractivity contribution in [3.63, 3.8) is 0 Å². The van der Waals surface area contributed by atoms with Gasteiger partial charge in [0.05, 0.1) is 0 Å². The molecule has 0 amide bonds. The molecule has 1 nitrogen and oxygen atoms in total. The van der Waals surface area contributed by atoms with Crippen molar-refractivity contribution in [3.05, 3.63) is 67.6 Å². The Balaban J connectivity index is 2.21. The molecule has 0 N–H and O–H groups in total. The van der Waals surface area contributed by atoms with Gasteiger partial charge in [0.2, 0.25) is 0 Å². The minimum absolute atomic E-state index is 0.0560. The highest BCUT2D eigenvalue weighted by molar-refractivity contribution is 9.10. The standard InChI is InChI=1S/C14H9Br2ClO/c15-11-3-1-2-10(6-11)14(18)7-9-4-5-12(16)8-13(9)17/h1-6,8H,7H2. The number of carbonyl (C=O) groups is 1. The van der Waals surface area contributed by atoms with E-state index >= 15 is 0 Å². The molecule has 0 aromatic heterocycles. The molecule has 0 radical (unpaired) electrons. The summed E-state index contributed by atoms with van der Waals surface area (Å²) in [4.78, 5) is 12.1. The van der Waals surface area contributed by atoms with Gasteiger partial charge in [0, 0.05) is 26.0 Å². The zero-order valence-electron chi connectivity index (χ0n) is 9.29. The van der Waals surface area contributed by atoms with E-state index in [2.05, 4.69) is 31.9 Å². The van der Waals surface area contributed by atoms with Crippen LogP contribution in [-0.4, -0.2) is 5.78 Å². The van der Waals surface area contributed by atoms with E-state index in [9.17, 15) is 4.79 Å². The van der Waals surface area contributed by atoms with Crippen molar-refractivity contribution < 1.29 is 4.79 Å². The third kappa shape index (κ3) is 3.44. The number of halogens is 3. The van der Waals surface area contributed by atoms with Crippen LogP contribution in [0.4, 0.5) is 0 Å². The molecular formula is C14H9Br2ClO. The highest BCUT2D eigenvalue weighted by Gasteiger charge is 2.10. The van der Waals surface area contributed by atoms with Crippen molar-refractivity contribution in [3.8, 4) is 0 Å². The quantitative estimate of drug-likeness (QED) is 0.653. The van der Waals surface area contributed by atoms with Crippen molar-refractivity contribution in [2.45, 2.75) is 6.42 Å². The largest absolute Gasteiger partial charge is 0.294 e. The Bertz CT molecular complexity index is 596. The third-order valence-electron chi connectivity index (χ3n) is 2.51. The topological polar surface area (TPSA) is 17.1 Å². The summed E-state index contributed by atoms with van der Waals surface area (Å²) in [6, 6.07) is 12.9. The molecule has 0 aliphatic carbocycles. The molecule has 0 saturated carbocycles. The van der Waals surface area contributed by atoms with E-state index < -0.39 is 0 Å². The summed E-state index contributed by atoms with van der Waals surface area (Å²) in [5.41, 5.74) is 1.52. The van der Waals surface area contributed by atoms with Crippen LogP contribution in [0, 0.1) is 0 Å². The van der Waals surface area contributed by atoms with E-state index in [1.807, 2.05) is 30.3 Å². The zero-order chi connectivity index (χ0) is 13.1. The monoisotopic (exact) mass is 386 g/mol. The Labute approximate surface area is 127 Å². The van der Waals surface area contributed by atoms with Crippen LogP contribution < -0.4 is 0 Å². The maximum absolute atomic E-state index is 12.1. The van der Waals surface area contributed by atoms with E-state index in [1.54, 1.807) is 12.1 Å². The molecule has 0 heterocycles. The number of rotatable bonds is 3. The second-order valence-corrected chi connectivity index (χ2v) is 6.08. The van der Waals surface area contributed by atoms with Gasteiger partial charge in [-0.3, -0.25) is 4.79 Å². The van der Waals surface area contributed by atoms with E-state index in [1.165, 1.54) is 0 Å². The Morgan fingerprint density at radius 3 is 2.44 bits per heavy atom. The van der Waals surface area contributed by atoms with Crippen LogP contribution in [0.5, 0.6) is 0 Å². The number of benzene rings is 2. The first-order valence-electron chi connectivity index (χ1n) is 5.29. The Kier molecular flexibility index (Phi) is 4.60. The van der Waals surface area contributed by atoms with E-state index in [0.717, 1.165) is 14.5 Å². The molecule has 0 unspecified atom stereocenters. The maximum atomic E-state index is 12.1. The molecule has 0 aliphatic rings. The Morgan fingerprint density at radius 1 is 1.06 bits per heavy atom. The van der Waals surface area contributed by atoms with Gasteiger partial charge in [0.15, 0.2) is 5.78 Å². The molecule has 2 rings (SSSR count). The molecular weight excluding hydrogens is 379 g/mol. The molecule has 0 aliphatic heterocycles. The highest BCUT2D eigenvalue weighted by atomic mass is 79.9. The second kappa shape index (κ2) is 6.00. The van der Waals surface area contributed by atoms with Gasteiger partial charge in [-0.2, -0.15) is 0 Å². The number of hydrogen-bond donors (Lipinski definition) is 0. The minimum atomic E-state index is 0.0560. The molecule has 18 heavy (non-hydrogen) atoms. The maximum Gasteiger partial charge on any atom is 0.167 e. The first-order chi connectivity index (χ1) is 8.56. The van der Waals surface area contributed by atoms with Gasteiger partial charge in [-0.15, -0.1) is 0 Å². The fourth-order valence-electron chi connectivity index (χ4n) is 1.60.